The average Bonchev–Trinajstić information content (AvgIpc) is 3.05. The standard InChI is InChI=1S/C13H17FN2O/c1-9-6-11(14)3-2-10(9)7-15-8-13(17)16-12-4-5-12/h2-3,6,12,15H,4-5,7-8H2,1H3,(H,16,17). The molecule has 0 aliphatic heterocycles. The Morgan fingerprint density at radius 3 is 2.88 bits per heavy atom. The van der Waals surface area contributed by atoms with Crippen molar-refractivity contribution in [3.8, 4) is 0 Å². The molecule has 1 aromatic carbocycles. The Labute approximate surface area is 100 Å². The topological polar surface area (TPSA) is 41.1 Å². The summed E-state index contributed by atoms with van der Waals surface area (Å²) in [4.78, 5) is 11.4. The molecule has 3 nitrogen and oxygen atoms in total. The highest BCUT2D eigenvalue weighted by atomic mass is 19.1. The van der Waals surface area contributed by atoms with Gasteiger partial charge in [0.25, 0.3) is 0 Å². The molecule has 2 rings (SSSR count). The van der Waals surface area contributed by atoms with E-state index in [-0.39, 0.29) is 11.7 Å². The predicted molar refractivity (Wildman–Crippen MR) is 64.0 cm³/mol. The molecule has 0 unspecified atom stereocenters. The third-order valence-electron chi connectivity index (χ3n) is 2.85. The van der Waals surface area contributed by atoms with Gasteiger partial charge < -0.3 is 10.6 Å². The van der Waals surface area contributed by atoms with E-state index in [1.165, 1.54) is 12.1 Å². The molecular weight excluding hydrogens is 219 g/mol. The van der Waals surface area contributed by atoms with Gasteiger partial charge in [0.05, 0.1) is 6.54 Å². The van der Waals surface area contributed by atoms with Crippen molar-refractivity contribution in [3.05, 3.63) is 35.1 Å². The Hall–Kier alpha value is -1.42. The first-order valence-electron chi connectivity index (χ1n) is 5.90. The lowest BCUT2D eigenvalue weighted by Gasteiger charge is -2.08. The van der Waals surface area contributed by atoms with Crippen molar-refractivity contribution in [3.63, 3.8) is 0 Å². The Kier molecular flexibility index (Phi) is 3.74. The van der Waals surface area contributed by atoms with Gasteiger partial charge in [0.15, 0.2) is 0 Å². The lowest BCUT2D eigenvalue weighted by Crippen LogP contribution is -2.34. The molecule has 1 fully saturated rings. The highest BCUT2D eigenvalue weighted by Gasteiger charge is 2.22. The summed E-state index contributed by atoms with van der Waals surface area (Å²) < 4.78 is 12.9. The molecule has 92 valence electrons. The second-order valence-electron chi connectivity index (χ2n) is 4.52. The number of amides is 1. The van der Waals surface area contributed by atoms with Crippen LogP contribution in [0.5, 0.6) is 0 Å². The van der Waals surface area contributed by atoms with Crippen LogP contribution in [0.15, 0.2) is 18.2 Å². The van der Waals surface area contributed by atoms with Crippen LogP contribution in [0, 0.1) is 12.7 Å². The van der Waals surface area contributed by atoms with Gasteiger partial charge >= 0.3 is 0 Å². The minimum Gasteiger partial charge on any atom is -0.352 e. The molecule has 1 amide bonds. The van der Waals surface area contributed by atoms with Gasteiger partial charge in [0.1, 0.15) is 5.82 Å². The molecule has 0 bridgehead atoms. The minimum atomic E-state index is -0.224. The zero-order chi connectivity index (χ0) is 12.3. The van der Waals surface area contributed by atoms with Gasteiger partial charge in [-0.25, -0.2) is 4.39 Å². The summed E-state index contributed by atoms with van der Waals surface area (Å²) in [7, 11) is 0. The predicted octanol–water partition coefficient (Wildman–Crippen LogP) is 1.50. The fourth-order valence-corrected chi connectivity index (χ4v) is 1.67. The van der Waals surface area contributed by atoms with Gasteiger partial charge in [-0.3, -0.25) is 4.79 Å². The van der Waals surface area contributed by atoms with Crippen LogP contribution in [0.3, 0.4) is 0 Å². The van der Waals surface area contributed by atoms with Gasteiger partial charge in [0, 0.05) is 12.6 Å². The molecule has 0 saturated heterocycles. The molecule has 0 heterocycles. The average molecular weight is 236 g/mol. The number of hydrogen-bond donors (Lipinski definition) is 2. The van der Waals surface area contributed by atoms with Gasteiger partial charge in [0.2, 0.25) is 5.91 Å². The third kappa shape index (κ3) is 3.82. The van der Waals surface area contributed by atoms with E-state index in [9.17, 15) is 9.18 Å². The molecule has 1 aromatic rings. The van der Waals surface area contributed by atoms with Crippen LogP contribution in [-0.2, 0) is 11.3 Å². The number of nitrogens with one attached hydrogen (secondary N) is 2. The second kappa shape index (κ2) is 5.27. The number of hydrogen-bond acceptors (Lipinski definition) is 2. The summed E-state index contributed by atoms with van der Waals surface area (Å²) in [5.74, 6) is -0.190. The lowest BCUT2D eigenvalue weighted by molar-refractivity contribution is -0.120. The highest BCUT2D eigenvalue weighted by molar-refractivity contribution is 5.78. The van der Waals surface area contributed by atoms with Gasteiger partial charge in [-0.1, -0.05) is 6.07 Å². The number of benzene rings is 1. The van der Waals surface area contributed by atoms with E-state index in [4.69, 9.17) is 0 Å². The first-order chi connectivity index (χ1) is 8.15. The fraction of sp³-hybridized carbons (Fsp3) is 0.462. The quantitative estimate of drug-likeness (QED) is 0.813. The van der Waals surface area contributed by atoms with E-state index in [1.807, 2.05) is 6.92 Å². The first kappa shape index (κ1) is 12.0. The van der Waals surface area contributed by atoms with Crippen molar-refractivity contribution in [2.75, 3.05) is 6.54 Å². The summed E-state index contributed by atoms with van der Waals surface area (Å²) >= 11 is 0. The smallest absolute Gasteiger partial charge is 0.234 e. The van der Waals surface area contributed by atoms with Gasteiger partial charge in [-0.2, -0.15) is 0 Å². The normalized spacial score (nSPS) is 14.7. The van der Waals surface area contributed by atoms with Crippen LogP contribution < -0.4 is 10.6 Å². The number of carbonyl (C=O) groups excluding carboxylic acids is 1. The molecular formula is C13H17FN2O. The van der Waals surface area contributed by atoms with E-state index >= 15 is 0 Å². The highest BCUT2D eigenvalue weighted by Crippen LogP contribution is 2.18. The Balaban J connectivity index is 1.75. The zero-order valence-corrected chi connectivity index (χ0v) is 9.92. The van der Waals surface area contributed by atoms with Crippen LogP contribution in [0.2, 0.25) is 0 Å². The van der Waals surface area contributed by atoms with Crippen LogP contribution in [0.25, 0.3) is 0 Å². The molecule has 17 heavy (non-hydrogen) atoms. The number of halogens is 1. The van der Waals surface area contributed by atoms with E-state index in [0.29, 0.717) is 19.1 Å². The summed E-state index contributed by atoms with van der Waals surface area (Å²) in [6, 6.07) is 5.09. The number of carbonyl (C=O) groups is 1. The maximum absolute atomic E-state index is 12.9. The fourth-order valence-electron chi connectivity index (χ4n) is 1.67. The largest absolute Gasteiger partial charge is 0.352 e. The minimum absolute atomic E-state index is 0.0345. The van der Waals surface area contributed by atoms with Crippen molar-refractivity contribution in [2.24, 2.45) is 0 Å². The molecule has 0 aromatic heterocycles. The molecule has 0 radical (unpaired) electrons. The van der Waals surface area contributed by atoms with Crippen LogP contribution in [0.4, 0.5) is 4.39 Å². The monoisotopic (exact) mass is 236 g/mol. The molecule has 1 saturated carbocycles. The number of aryl methyl sites for hydroxylation is 1. The third-order valence-corrected chi connectivity index (χ3v) is 2.85. The molecule has 2 N–H and O–H groups in total. The van der Waals surface area contributed by atoms with Gasteiger partial charge in [-0.05, 0) is 43.0 Å². The maximum atomic E-state index is 12.9. The van der Waals surface area contributed by atoms with Crippen molar-refractivity contribution in [1.29, 1.82) is 0 Å². The van der Waals surface area contributed by atoms with Crippen LogP contribution in [0.1, 0.15) is 24.0 Å². The second-order valence-corrected chi connectivity index (χ2v) is 4.52. The Bertz CT molecular complexity index is 416. The van der Waals surface area contributed by atoms with Crippen molar-refractivity contribution < 1.29 is 9.18 Å². The van der Waals surface area contributed by atoms with E-state index in [1.54, 1.807) is 6.07 Å². The summed E-state index contributed by atoms with van der Waals surface area (Å²) in [6.07, 6.45) is 2.20. The van der Waals surface area contributed by atoms with Gasteiger partial charge in [-0.15, -0.1) is 0 Å². The molecule has 4 heteroatoms. The Morgan fingerprint density at radius 2 is 2.24 bits per heavy atom. The zero-order valence-electron chi connectivity index (χ0n) is 9.92. The van der Waals surface area contributed by atoms with Crippen LogP contribution in [-0.4, -0.2) is 18.5 Å². The molecule has 0 atom stereocenters. The van der Waals surface area contributed by atoms with E-state index in [0.717, 1.165) is 24.0 Å². The van der Waals surface area contributed by atoms with E-state index in [2.05, 4.69) is 10.6 Å². The first-order valence-corrected chi connectivity index (χ1v) is 5.90. The number of rotatable bonds is 5. The van der Waals surface area contributed by atoms with Crippen LogP contribution >= 0.6 is 0 Å². The van der Waals surface area contributed by atoms with Crippen molar-refractivity contribution >= 4 is 5.91 Å². The summed E-state index contributed by atoms with van der Waals surface area (Å²) in [5.41, 5.74) is 1.92. The summed E-state index contributed by atoms with van der Waals surface area (Å²) in [5, 5.41) is 5.96. The maximum Gasteiger partial charge on any atom is 0.234 e. The molecule has 1 aliphatic rings. The lowest BCUT2D eigenvalue weighted by atomic mass is 10.1. The van der Waals surface area contributed by atoms with Crippen molar-refractivity contribution in [1.82, 2.24) is 10.6 Å². The SMILES string of the molecule is Cc1cc(F)ccc1CNCC(=O)NC1CC1. The van der Waals surface area contributed by atoms with E-state index < -0.39 is 0 Å². The molecule has 1 aliphatic carbocycles. The summed E-state index contributed by atoms with van der Waals surface area (Å²) in [6.45, 7) is 2.77. The van der Waals surface area contributed by atoms with Crippen molar-refractivity contribution in [2.45, 2.75) is 32.4 Å². The Morgan fingerprint density at radius 1 is 1.47 bits per heavy atom. The molecule has 0 spiro atoms.